The fourth-order valence-electron chi connectivity index (χ4n) is 12.0. The first-order valence-corrected chi connectivity index (χ1v) is 33.4. The number of nitrogens with two attached hydrogens (primary N) is 1. The van der Waals surface area contributed by atoms with Gasteiger partial charge in [0.05, 0.1) is 69.1 Å². The maximum Gasteiger partial charge on any atom is 0.407 e. The van der Waals surface area contributed by atoms with Gasteiger partial charge >= 0.3 is 12.1 Å². The van der Waals surface area contributed by atoms with Gasteiger partial charge in [0.15, 0.2) is 23.0 Å². The monoisotopic (exact) mass is 1370 g/mol. The standard InChI is InChI=1S/C74H83N11O15/c1-45(2)68(82-65(86)14-8-6-9-30-83-66(87)27-28-67(83)88)70(90)81-58(13-12-29-76-73(75)93)69(89)80-52-23-17-47(18-24-52)44-100-74(94)79-39-46-15-19-48(20-16-46)50-33-53-40-77-59-37-63(61(96-4)35-56(59)71(91)84(53)42-50)98-31-10-7-11-32-99-64-38-60-57(36-62(64)97-5)72(92)85-43-51(34-54(85)41-78-60)49-21-25-55(95-3)26-22-49/h15-28,35-38,40-43,45,53-54,58,68H,6-14,29-34,39,44H2,1-5H3,(H,79,94)(H,80,89)(H,81,90)(H,82,86)(H3,75,76,93)/t53-,54-,58-,68-/m0/s1. The predicted octanol–water partition coefficient (Wildman–Crippen LogP) is 9.21. The Balaban J connectivity index is 0.638. The number of anilines is 1. The van der Waals surface area contributed by atoms with Crippen LogP contribution >= 0.6 is 0 Å². The number of primary amides is 1. The van der Waals surface area contributed by atoms with Crippen LogP contribution in [0.15, 0.2) is 132 Å². The molecule has 0 spiro atoms. The molecule has 0 radical (unpaired) electrons. The Morgan fingerprint density at radius 3 is 1.69 bits per heavy atom. The van der Waals surface area contributed by atoms with Crippen LogP contribution in [0.1, 0.15) is 127 Å². The topological polar surface area (TPSA) is 330 Å². The molecule has 26 heteroatoms. The molecule has 0 aromatic heterocycles. The van der Waals surface area contributed by atoms with Crippen LogP contribution in [0.4, 0.5) is 26.7 Å². The van der Waals surface area contributed by atoms with Gasteiger partial charge in [0.2, 0.25) is 17.7 Å². The molecule has 5 aromatic rings. The summed E-state index contributed by atoms with van der Waals surface area (Å²) < 4.78 is 34.6. The van der Waals surface area contributed by atoms with Crippen LogP contribution in [0.25, 0.3) is 11.1 Å². The predicted molar refractivity (Wildman–Crippen MR) is 374 cm³/mol. The Labute approximate surface area is 579 Å². The molecule has 4 atom stereocenters. The van der Waals surface area contributed by atoms with Gasteiger partial charge < -0.3 is 70.5 Å². The summed E-state index contributed by atoms with van der Waals surface area (Å²) in [6, 6.07) is 25.5. The van der Waals surface area contributed by atoms with E-state index in [0.29, 0.717) is 115 Å². The third-order valence-electron chi connectivity index (χ3n) is 17.6. The normalized spacial score (nSPS) is 16.2. The molecule has 5 aliphatic rings. The number of imide groups is 1. The lowest BCUT2D eigenvalue weighted by atomic mass is 10.0. The van der Waals surface area contributed by atoms with Crippen LogP contribution in [0.5, 0.6) is 28.7 Å². The highest BCUT2D eigenvalue weighted by molar-refractivity contribution is 6.13. The zero-order chi connectivity index (χ0) is 70.8. The van der Waals surface area contributed by atoms with Crippen molar-refractivity contribution in [3.8, 4) is 28.7 Å². The van der Waals surface area contributed by atoms with Gasteiger partial charge in [-0.25, -0.2) is 9.59 Å². The number of ether oxygens (including phenoxy) is 6. The number of carbonyl (C=O) groups is 9. The first-order chi connectivity index (χ1) is 48.4. The number of urea groups is 1. The molecule has 0 fully saturated rings. The lowest BCUT2D eigenvalue weighted by molar-refractivity contribution is -0.137. The number of nitrogens with one attached hydrogen (secondary N) is 5. The van der Waals surface area contributed by atoms with E-state index in [2.05, 4.69) is 26.6 Å². The second-order valence-electron chi connectivity index (χ2n) is 24.9. The van der Waals surface area contributed by atoms with E-state index in [9.17, 15) is 43.2 Å². The van der Waals surface area contributed by atoms with E-state index < -0.39 is 36.0 Å². The van der Waals surface area contributed by atoms with Gasteiger partial charge in [0.1, 0.15) is 24.4 Å². The molecule has 0 unspecified atom stereocenters. The Bertz CT molecular complexity index is 4020. The summed E-state index contributed by atoms with van der Waals surface area (Å²) in [6.45, 7) is 4.80. The van der Waals surface area contributed by atoms with Crippen LogP contribution in [0.2, 0.25) is 0 Å². The Morgan fingerprint density at radius 2 is 1.15 bits per heavy atom. The van der Waals surface area contributed by atoms with Crippen LogP contribution in [0.3, 0.4) is 0 Å². The summed E-state index contributed by atoms with van der Waals surface area (Å²) in [5.74, 6) is -0.372. The fraction of sp³-hybridized carbons (Fsp3) is 0.365. The van der Waals surface area contributed by atoms with Crippen molar-refractivity contribution in [2.24, 2.45) is 21.6 Å². The molecule has 10 rings (SSSR count). The second kappa shape index (κ2) is 33.8. The van der Waals surface area contributed by atoms with E-state index in [1.54, 1.807) is 92.6 Å². The minimum Gasteiger partial charge on any atom is -0.497 e. The van der Waals surface area contributed by atoms with Gasteiger partial charge in [-0.2, -0.15) is 0 Å². The molecule has 10 amide bonds. The molecule has 7 N–H and O–H groups in total. The molecular formula is C74H83N11O15. The van der Waals surface area contributed by atoms with Crippen molar-refractivity contribution in [2.75, 3.05) is 52.9 Å². The number of methoxy groups -OCH3 is 3. The smallest absolute Gasteiger partial charge is 0.407 e. The summed E-state index contributed by atoms with van der Waals surface area (Å²) in [5.41, 5.74) is 12.8. The van der Waals surface area contributed by atoms with E-state index in [0.717, 1.165) is 44.9 Å². The van der Waals surface area contributed by atoms with Crippen molar-refractivity contribution in [3.05, 3.63) is 155 Å². The van der Waals surface area contributed by atoms with E-state index in [-0.39, 0.29) is 93.0 Å². The first-order valence-electron chi connectivity index (χ1n) is 33.4. The molecule has 5 aliphatic heterocycles. The van der Waals surface area contributed by atoms with Crippen LogP contribution in [-0.2, 0) is 41.9 Å². The number of unbranched alkanes of at least 4 members (excludes halogenated alkanes) is 4. The zero-order valence-electron chi connectivity index (χ0n) is 56.5. The van der Waals surface area contributed by atoms with Crippen molar-refractivity contribution in [3.63, 3.8) is 0 Å². The van der Waals surface area contributed by atoms with E-state index >= 15 is 0 Å². The van der Waals surface area contributed by atoms with E-state index in [1.807, 2.05) is 67.1 Å². The van der Waals surface area contributed by atoms with E-state index in [4.69, 9.17) is 44.1 Å². The highest BCUT2D eigenvalue weighted by Crippen LogP contribution is 2.42. The molecule has 0 saturated carbocycles. The molecule has 0 aliphatic carbocycles. The van der Waals surface area contributed by atoms with E-state index in [1.165, 1.54) is 19.3 Å². The summed E-state index contributed by atoms with van der Waals surface area (Å²) in [5, 5.41) is 13.6. The number of alkyl carbamates (subject to hydrolysis) is 1. The second-order valence-corrected chi connectivity index (χ2v) is 24.9. The average molecular weight is 1370 g/mol. The lowest BCUT2D eigenvalue weighted by Crippen LogP contribution is -2.54. The highest BCUT2D eigenvalue weighted by Gasteiger charge is 2.36. The Morgan fingerprint density at radius 1 is 0.600 bits per heavy atom. The van der Waals surface area contributed by atoms with Crippen LogP contribution in [0, 0.1) is 5.92 Å². The molecule has 5 heterocycles. The minimum absolute atomic E-state index is 0.0732. The summed E-state index contributed by atoms with van der Waals surface area (Å²) in [7, 11) is 4.70. The average Bonchev–Trinajstić information content (AvgIpc) is 1.62. The number of rotatable bonds is 33. The molecule has 0 bridgehead atoms. The Kier molecular flexibility index (Phi) is 24.1. The highest BCUT2D eigenvalue weighted by atomic mass is 16.5. The number of hydrogen-bond donors (Lipinski definition) is 6. The summed E-state index contributed by atoms with van der Waals surface area (Å²) >= 11 is 0. The van der Waals surface area contributed by atoms with Crippen molar-refractivity contribution < 1.29 is 71.6 Å². The third kappa shape index (κ3) is 18.3. The maximum atomic E-state index is 14.2. The number of amides is 10. The first kappa shape index (κ1) is 71.5. The summed E-state index contributed by atoms with van der Waals surface area (Å²) in [4.78, 5) is 130. The van der Waals surface area contributed by atoms with Crippen molar-refractivity contribution in [1.29, 1.82) is 0 Å². The minimum atomic E-state index is -1.06. The molecule has 26 nitrogen and oxygen atoms in total. The van der Waals surface area contributed by atoms with Crippen LogP contribution < -0.4 is 56.0 Å². The number of aliphatic imine (C=N–C) groups is 2. The van der Waals surface area contributed by atoms with Crippen LogP contribution in [-0.4, -0.2) is 152 Å². The summed E-state index contributed by atoms with van der Waals surface area (Å²) in [6.07, 6.45) is 14.6. The van der Waals surface area contributed by atoms with Crippen molar-refractivity contribution >= 4 is 94.1 Å². The number of hydrogen-bond acceptors (Lipinski definition) is 17. The molecule has 0 saturated heterocycles. The van der Waals surface area contributed by atoms with Gasteiger partial charge in [-0.05, 0) is 121 Å². The number of benzene rings is 5. The fourth-order valence-corrected chi connectivity index (χ4v) is 12.0. The zero-order valence-corrected chi connectivity index (χ0v) is 56.5. The maximum absolute atomic E-state index is 14.2. The number of carbonyl (C=O) groups excluding carboxylic acids is 9. The van der Waals surface area contributed by atoms with Gasteiger partial charge in [-0.3, -0.25) is 48.4 Å². The van der Waals surface area contributed by atoms with Gasteiger partial charge in [-0.1, -0.05) is 68.8 Å². The van der Waals surface area contributed by atoms with Gasteiger partial charge in [0, 0.05) is 93.7 Å². The quantitative estimate of drug-likeness (QED) is 0.0168. The van der Waals surface area contributed by atoms with Gasteiger partial charge in [0.25, 0.3) is 23.6 Å². The van der Waals surface area contributed by atoms with Crippen molar-refractivity contribution in [1.82, 2.24) is 36.0 Å². The molecule has 524 valence electrons. The molecular weight excluding hydrogens is 1280 g/mol. The SMILES string of the molecule is COc1ccc(C2=CN3C(=O)c4cc(OC)c(OCCCCCOc5cc6c(cc5OC)C(=O)N5C=C(c7ccc(CNC(=O)OCc8ccc(NC(=O)[C@H](CCCNC(N)=O)NC(=O)[C@@H](NC(=O)CCCCCN9C(=O)C=CC9=O)C(C)C)cc8)cc7)C[C@H]5C=N6)cc4N=C[C@@H]3C2)cc1. The molecule has 5 aromatic carbocycles. The lowest BCUT2D eigenvalue weighted by Gasteiger charge is -2.25. The largest absolute Gasteiger partial charge is 0.497 e. The molecule has 100 heavy (non-hydrogen) atoms. The number of nitrogens with zero attached hydrogens (tertiary/aromatic N) is 5. The van der Waals surface area contributed by atoms with Crippen molar-refractivity contribution in [2.45, 2.75) is 122 Å². The third-order valence-corrected chi connectivity index (χ3v) is 17.6. The Hall–Kier alpha value is -11.3. The van der Waals surface area contributed by atoms with Gasteiger partial charge in [-0.15, -0.1) is 0 Å². The number of fused-ring (bicyclic) bond motifs is 4.